The summed E-state index contributed by atoms with van der Waals surface area (Å²) in [4.78, 5) is 23.7. The van der Waals surface area contributed by atoms with Gasteiger partial charge < -0.3 is 19.3 Å². The molecular weight excluding hydrogens is 408 g/mol. The summed E-state index contributed by atoms with van der Waals surface area (Å²) in [6.45, 7) is 2.96. The number of Topliss-reactive ketones (excluding diaryl/α,β-unsaturated/α-hetero) is 1. The summed E-state index contributed by atoms with van der Waals surface area (Å²) in [5.41, 5.74) is 0. The average molecular weight is 453 g/mol. The Kier molecular flexibility index (Phi) is 13.1. The van der Waals surface area contributed by atoms with Gasteiger partial charge >= 0.3 is 5.97 Å². The molecule has 0 bridgehead atoms. The van der Waals surface area contributed by atoms with Crippen LogP contribution in [-0.2, 0) is 23.8 Å². The Bertz CT molecular complexity index is 569. The van der Waals surface area contributed by atoms with Crippen molar-refractivity contribution in [2.75, 3.05) is 13.7 Å². The molecule has 184 valence electrons. The zero-order chi connectivity index (χ0) is 23.2. The highest BCUT2D eigenvalue weighted by Crippen LogP contribution is 2.34. The minimum absolute atomic E-state index is 0.00327. The molecule has 0 amide bonds. The Labute approximate surface area is 194 Å². The maximum atomic E-state index is 12.5. The van der Waals surface area contributed by atoms with Crippen molar-refractivity contribution in [2.24, 2.45) is 11.8 Å². The highest BCUT2D eigenvalue weighted by molar-refractivity contribution is 5.84. The van der Waals surface area contributed by atoms with E-state index in [1.807, 2.05) is 0 Å². The zero-order valence-corrected chi connectivity index (χ0v) is 20.1. The number of allylic oxidation sites excluding steroid dienone is 1. The van der Waals surface area contributed by atoms with E-state index < -0.39 is 6.10 Å². The van der Waals surface area contributed by atoms with Gasteiger partial charge in [0, 0.05) is 25.4 Å². The second kappa shape index (κ2) is 15.6. The monoisotopic (exact) mass is 452 g/mol. The van der Waals surface area contributed by atoms with Gasteiger partial charge in [0.1, 0.15) is 5.78 Å². The van der Waals surface area contributed by atoms with Gasteiger partial charge in [-0.15, -0.1) is 0 Å². The number of hydrogen-bond acceptors (Lipinski definition) is 6. The lowest BCUT2D eigenvalue weighted by molar-refractivity contribution is -0.179. The fourth-order valence-electron chi connectivity index (χ4n) is 4.78. The van der Waals surface area contributed by atoms with Gasteiger partial charge in [-0.25, -0.2) is 0 Å². The topological polar surface area (TPSA) is 82.1 Å². The van der Waals surface area contributed by atoms with Crippen LogP contribution in [0.2, 0.25) is 0 Å². The van der Waals surface area contributed by atoms with Gasteiger partial charge in [0.15, 0.2) is 6.29 Å². The molecule has 1 saturated heterocycles. The van der Waals surface area contributed by atoms with Crippen LogP contribution >= 0.6 is 0 Å². The zero-order valence-electron chi connectivity index (χ0n) is 20.1. The van der Waals surface area contributed by atoms with Crippen LogP contribution in [0.5, 0.6) is 0 Å². The van der Waals surface area contributed by atoms with Crippen LogP contribution in [0, 0.1) is 11.8 Å². The molecule has 3 unspecified atom stereocenters. The lowest BCUT2D eigenvalue weighted by Gasteiger charge is -2.27. The molecule has 0 aromatic heterocycles. The molecule has 2 aliphatic rings. The van der Waals surface area contributed by atoms with Gasteiger partial charge in [-0.3, -0.25) is 9.59 Å². The van der Waals surface area contributed by atoms with Crippen molar-refractivity contribution >= 4 is 11.8 Å². The molecule has 0 aromatic rings. The van der Waals surface area contributed by atoms with Gasteiger partial charge in [-0.2, -0.15) is 0 Å². The summed E-state index contributed by atoms with van der Waals surface area (Å²) >= 11 is 0. The SMILES string of the molecule is CCCCCC(C=C[C@H]1CCC(=O)[C@@H]1C(O)CCCCCC(=O)OC)OC1CCCCO1. The van der Waals surface area contributed by atoms with Crippen LogP contribution in [0.15, 0.2) is 12.2 Å². The summed E-state index contributed by atoms with van der Waals surface area (Å²) in [7, 11) is 1.40. The third-order valence-electron chi connectivity index (χ3n) is 6.71. The van der Waals surface area contributed by atoms with Crippen molar-refractivity contribution in [3.63, 3.8) is 0 Å². The molecule has 2 fully saturated rings. The van der Waals surface area contributed by atoms with Crippen LogP contribution in [0.1, 0.15) is 96.8 Å². The Morgan fingerprint density at radius 1 is 1.16 bits per heavy atom. The molecule has 1 aliphatic heterocycles. The van der Waals surface area contributed by atoms with Crippen LogP contribution in [0.3, 0.4) is 0 Å². The number of unbranched alkanes of at least 4 members (excludes halogenated alkanes) is 4. The molecule has 0 spiro atoms. The maximum absolute atomic E-state index is 12.5. The van der Waals surface area contributed by atoms with E-state index in [0.29, 0.717) is 19.3 Å². The third-order valence-corrected chi connectivity index (χ3v) is 6.71. The molecular formula is C26H44O6. The largest absolute Gasteiger partial charge is 0.469 e. The van der Waals surface area contributed by atoms with E-state index in [0.717, 1.165) is 64.4 Å². The van der Waals surface area contributed by atoms with Crippen LogP contribution in [0.4, 0.5) is 0 Å². The Hall–Kier alpha value is -1.24. The van der Waals surface area contributed by atoms with Crippen LogP contribution < -0.4 is 0 Å². The summed E-state index contributed by atoms with van der Waals surface area (Å²) in [5, 5.41) is 10.7. The first kappa shape index (κ1) is 27.0. The minimum Gasteiger partial charge on any atom is -0.469 e. The van der Waals surface area contributed by atoms with E-state index in [9.17, 15) is 14.7 Å². The molecule has 0 aromatic carbocycles. The first-order valence-electron chi connectivity index (χ1n) is 12.8. The van der Waals surface area contributed by atoms with E-state index >= 15 is 0 Å². The van der Waals surface area contributed by atoms with E-state index in [2.05, 4.69) is 23.8 Å². The molecule has 1 heterocycles. The van der Waals surface area contributed by atoms with Gasteiger partial charge in [0.2, 0.25) is 0 Å². The normalized spacial score (nSPS) is 25.8. The van der Waals surface area contributed by atoms with Gasteiger partial charge in [0.05, 0.1) is 19.3 Å². The first-order valence-corrected chi connectivity index (χ1v) is 12.8. The lowest BCUT2D eigenvalue weighted by atomic mass is 9.86. The molecule has 2 rings (SSSR count). The number of hydrogen-bond donors (Lipinski definition) is 1. The smallest absolute Gasteiger partial charge is 0.305 e. The maximum Gasteiger partial charge on any atom is 0.305 e. The second-order valence-corrected chi connectivity index (χ2v) is 9.29. The molecule has 0 radical (unpaired) electrons. The van der Waals surface area contributed by atoms with E-state index in [1.165, 1.54) is 20.0 Å². The minimum atomic E-state index is -0.626. The van der Waals surface area contributed by atoms with Gasteiger partial charge in [-0.05, 0) is 50.9 Å². The number of methoxy groups -OCH3 is 1. The van der Waals surface area contributed by atoms with Crippen molar-refractivity contribution in [1.29, 1.82) is 0 Å². The van der Waals surface area contributed by atoms with E-state index in [1.54, 1.807) is 0 Å². The van der Waals surface area contributed by atoms with Crippen molar-refractivity contribution in [1.82, 2.24) is 0 Å². The van der Waals surface area contributed by atoms with Crippen LogP contribution in [0.25, 0.3) is 0 Å². The van der Waals surface area contributed by atoms with Gasteiger partial charge in [-0.1, -0.05) is 51.2 Å². The lowest BCUT2D eigenvalue weighted by Crippen LogP contribution is -2.29. The van der Waals surface area contributed by atoms with Gasteiger partial charge in [0.25, 0.3) is 0 Å². The average Bonchev–Trinajstić information content (AvgIpc) is 3.17. The fourth-order valence-corrected chi connectivity index (χ4v) is 4.78. The number of rotatable bonds is 15. The summed E-state index contributed by atoms with van der Waals surface area (Å²) in [6.07, 6.45) is 15.8. The number of ether oxygens (including phenoxy) is 3. The van der Waals surface area contributed by atoms with Crippen molar-refractivity contribution in [2.45, 2.75) is 115 Å². The number of carbonyl (C=O) groups is 2. The predicted octanol–water partition coefficient (Wildman–Crippen LogP) is 5.11. The van der Waals surface area contributed by atoms with Crippen LogP contribution in [-0.4, -0.2) is 49.1 Å². The fraction of sp³-hybridized carbons (Fsp3) is 0.846. The predicted molar refractivity (Wildman–Crippen MR) is 124 cm³/mol. The van der Waals surface area contributed by atoms with E-state index in [-0.39, 0.29) is 36.0 Å². The standard InChI is InChI=1S/C26H44O6/c1-3-4-6-11-21(32-25-14-9-10-19-31-25)17-15-20-16-18-23(28)26(20)22(27)12-7-5-8-13-24(29)30-2/h15,17,20-22,25-27H,3-14,16,18-19H2,1-2H3/t20-,21?,22?,25?,26-/m0/s1. The Morgan fingerprint density at radius 3 is 2.69 bits per heavy atom. The Balaban J connectivity index is 1.86. The molecule has 32 heavy (non-hydrogen) atoms. The van der Waals surface area contributed by atoms with Crippen molar-refractivity contribution in [3.05, 3.63) is 12.2 Å². The quantitative estimate of drug-likeness (QED) is 0.211. The molecule has 6 nitrogen and oxygen atoms in total. The first-order chi connectivity index (χ1) is 15.5. The number of aliphatic hydroxyl groups is 1. The third kappa shape index (κ3) is 9.72. The van der Waals surface area contributed by atoms with E-state index in [4.69, 9.17) is 9.47 Å². The number of ketones is 1. The number of esters is 1. The van der Waals surface area contributed by atoms with Crippen molar-refractivity contribution < 1.29 is 28.9 Å². The summed E-state index contributed by atoms with van der Waals surface area (Å²) < 4.78 is 16.7. The molecule has 5 atom stereocenters. The molecule has 6 heteroatoms. The number of aliphatic hydroxyl groups excluding tert-OH is 1. The highest BCUT2D eigenvalue weighted by Gasteiger charge is 2.38. The summed E-state index contributed by atoms with van der Waals surface area (Å²) in [5.74, 6) is -0.289. The molecule has 1 aliphatic carbocycles. The van der Waals surface area contributed by atoms with Crippen molar-refractivity contribution in [3.8, 4) is 0 Å². The number of carbonyl (C=O) groups excluding carboxylic acids is 2. The molecule has 1 saturated carbocycles. The summed E-state index contributed by atoms with van der Waals surface area (Å²) in [6, 6.07) is 0. The molecule has 1 N–H and O–H groups in total. The Morgan fingerprint density at radius 2 is 1.97 bits per heavy atom. The second-order valence-electron chi connectivity index (χ2n) is 9.29. The highest BCUT2D eigenvalue weighted by atomic mass is 16.7.